The highest BCUT2D eigenvalue weighted by Gasteiger charge is 2.67. The zero-order valence-electron chi connectivity index (χ0n) is 34.9. The van der Waals surface area contributed by atoms with Gasteiger partial charge in [-0.25, -0.2) is 9.59 Å². The minimum atomic E-state index is -0.967. The van der Waals surface area contributed by atoms with Crippen LogP contribution in [0.15, 0.2) is 36.4 Å². The van der Waals surface area contributed by atoms with Gasteiger partial charge in [-0.3, -0.25) is 14.5 Å². The topological polar surface area (TPSA) is 139 Å². The summed E-state index contributed by atoms with van der Waals surface area (Å²) in [6.45, 7) is 21.7. The van der Waals surface area contributed by atoms with E-state index in [0.717, 1.165) is 18.4 Å². The van der Waals surface area contributed by atoms with E-state index in [-0.39, 0.29) is 58.5 Å². The molecule has 12 nitrogen and oxygen atoms in total. The van der Waals surface area contributed by atoms with E-state index in [1.165, 1.54) is 0 Å². The van der Waals surface area contributed by atoms with Crippen LogP contribution in [0.4, 0.5) is 4.79 Å². The molecule has 0 aromatic heterocycles. The molecule has 304 valence electrons. The quantitative estimate of drug-likeness (QED) is 0.103. The molecule has 1 amide bonds. The summed E-state index contributed by atoms with van der Waals surface area (Å²) in [4.78, 5) is 55.0. The lowest BCUT2D eigenvalue weighted by molar-refractivity contribution is -0.199. The van der Waals surface area contributed by atoms with Crippen molar-refractivity contribution in [2.45, 2.75) is 137 Å². The molecule has 2 aromatic rings. The Kier molecular flexibility index (Phi) is 11.5. The molecule has 5 fully saturated rings. The highest BCUT2D eigenvalue weighted by molar-refractivity contribution is 6.45. The summed E-state index contributed by atoms with van der Waals surface area (Å²) >= 11 is 0. The Balaban J connectivity index is 1.17. The van der Waals surface area contributed by atoms with Crippen molar-refractivity contribution in [1.82, 2.24) is 10.2 Å². The number of aryl methyl sites for hydroxylation is 2. The van der Waals surface area contributed by atoms with E-state index in [0.29, 0.717) is 48.8 Å². The van der Waals surface area contributed by atoms with Gasteiger partial charge < -0.3 is 33.6 Å². The Morgan fingerprint density at radius 3 is 2.29 bits per heavy atom. The maximum absolute atomic E-state index is 14.0. The second kappa shape index (κ2) is 15.4. The van der Waals surface area contributed by atoms with Gasteiger partial charge in [0.05, 0.1) is 24.3 Å². The van der Waals surface area contributed by atoms with E-state index in [9.17, 15) is 19.2 Å². The van der Waals surface area contributed by atoms with Gasteiger partial charge in [0.25, 0.3) is 0 Å². The van der Waals surface area contributed by atoms with Gasteiger partial charge in [0.15, 0.2) is 11.5 Å². The molecular formula is C43H59BN2O10. The minimum absolute atomic E-state index is 0.00104. The molecule has 3 saturated carbocycles. The fraction of sp³-hybridized carbons (Fsp3) is 0.628. The molecule has 2 aliphatic heterocycles. The second-order valence-electron chi connectivity index (χ2n) is 18.8. The molecule has 3 aliphatic carbocycles. The lowest BCUT2D eigenvalue weighted by atomic mass is 9.43. The van der Waals surface area contributed by atoms with E-state index >= 15 is 0 Å². The summed E-state index contributed by atoms with van der Waals surface area (Å²) in [5.74, 6) is 0.0621. The van der Waals surface area contributed by atoms with Crippen molar-refractivity contribution in [3.05, 3.63) is 58.7 Å². The Hall–Kier alpha value is -3.94. The summed E-state index contributed by atoms with van der Waals surface area (Å²) in [5, 5.41) is 2.81. The number of nitrogens with zero attached hydrogens (tertiary/aromatic N) is 1. The van der Waals surface area contributed by atoms with E-state index in [4.69, 9.17) is 28.3 Å². The molecule has 2 aromatic carbocycles. The van der Waals surface area contributed by atoms with Crippen LogP contribution in [0.3, 0.4) is 0 Å². The van der Waals surface area contributed by atoms with Crippen LogP contribution >= 0.6 is 0 Å². The van der Waals surface area contributed by atoms with Crippen molar-refractivity contribution in [1.29, 1.82) is 0 Å². The fourth-order valence-corrected chi connectivity index (χ4v) is 8.79. The first-order valence-electron chi connectivity index (χ1n) is 20.0. The van der Waals surface area contributed by atoms with E-state index < -0.39 is 36.5 Å². The highest BCUT2D eigenvalue weighted by Crippen LogP contribution is 2.65. The van der Waals surface area contributed by atoms with Crippen LogP contribution in [0.1, 0.15) is 114 Å². The maximum Gasteiger partial charge on any atom is 0.514 e. The molecule has 2 heterocycles. The van der Waals surface area contributed by atoms with Crippen molar-refractivity contribution < 1.29 is 47.4 Å². The molecule has 0 spiro atoms. The number of ether oxygens (including phenoxy) is 4. The van der Waals surface area contributed by atoms with Gasteiger partial charge in [-0.15, -0.1) is 0 Å². The predicted molar refractivity (Wildman–Crippen MR) is 211 cm³/mol. The standard InChI is InChI=1S/C43H59BN2O10/c1-25-14-12-13-15-30(25)36(48)26(2)45-34(47)24-46-22-29(23-46)51-31-17-16-27(18-19-44-55-33-21-28-20-32(42(28,9)10)43(33,11)56-44)37(52-39(50)54-41(6,7)8)35(31)38(49)53-40(3,4)5/h12-17,26,28-29,32-33H,18-24H2,1-11H3,(H,45,47)/t26-,28+,32+,33-,43+/m1/s1. The Morgan fingerprint density at radius 2 is 1.64 bits per heavy atom. The third kappa shape index (κ3) is 8.95. The SMILES string of the molecule is Cc1ccccc1C(=O)[C@@H](C)NC(=O)CN1CC(Oc2ccc(CCB3O[C@@H]4C[C@@H]5C[C@@H](C5(C)C)[C@]4(C)O3)c(OC(=O)OC(C)(C)C)c2C(=O)OC(C)(C)C)C1. The number of amides is 1. The molecule has 2 saturated heterocycles. The van der Waals surface area contributed by atoms with Crippen LogP contribution in [-0.2, 0) is 30.0 Å². The first-order chi connectivity index (χ1) is 26.0. The molecule has 56 heavy (non-hydrogen) atoms. The Labute approximate surface area is 331 Å². The predicted octanol–water partition coefficient (Wildman–Crippen LogP) is 6.99. The first-order valence-corrected chi connectivity index (χ1v) is 20.0. The maximum atomic E-state index is 14.0. The summed E-state index contributed by atoms with van der Waals surface area (Å²) in [7, 11) is -0.461. The number of benzene rings is 2. The van der Waals surface area contributed by atoms with Gasteiger partial charge in [-0.1, -0.05) is 44.2 Å². The molecule has 5 atom stereocenters. The van der Waals surface area contributed by atoms with Gasteiger partial charge in [0.2, 0.25) is 5.91 Å². The number of Topliss-reactive ketones (excluding diaryl/α,β-unsaturated/α-hetero) is 1. The number of hydrogen-bond donors (Lipinski definition) is 1. The summed E-state index contributed by atoms with van der Waals surface area (Å²) in [6.07, 6.45) is 1.63. The second-order valence-corrected chi connectivity index (χ2v) is 18.8. The normalized spacial score (nSPS) is 24.9. The molecular weight excluding hydrogens is 715 g/mol. The van der Waals surface area contributed by atoms with Crippen LogP contribution < -0.4 is 14.8 Å². The van der Waals surface area contributed by atoms with E-state index in [2.05, 4.69) is 26.1 Å². The van der Waals surface area contributed by atoms with Gasteiger partial charge in [-0.2, -0.15) is 0 Å². The number of likely N-dealkylation sites (tertiary alicyclic amines) is 1. The first kappa shape index (κ1) is 41.7. The molecule has 5 aliphatic rings. The number of ketones is 1. The van der Waals surface area contributed by atoms with Gasteiger partial charge in [0.1, 0.15) is 28.6 Å². The molecule has 0 unspecified atom stereocenters. The van der Waals surface area contributed by atoms with Crippen molar-refractivity contribution >= 4 is 30.9 Å². The van der Waals surface area contributed by atoms with Gasteiger partial charge in [0, 0.05) is 18.7 Å². The van der Waals surface area contributed by atoms with Crippen molar-refractivity contribution in [3.63, 3.8) is 0 Å². The van der Waals surface area contributed by atoms with Crippen molar-refractivity contribution in [2.75, 3.05) is 19.6 Å². The number of nitrogens with one attached hydrogen (secondary N) is 1. The van der Waals surface area contributed by atoms with Crippen molar-refractivity contribution in [2.24, 2.45) is 17.3 Å². The van der Waals surface area contributed by atoms with Crippen LogP contribution in [-0.4, -0.2) is 90.5 Å². The Bertz CT molecular complexity index is 1840. The van der Waals surface area contributed by atoms with Crippen LogP contribution in [0, 0.1) is 24.2 Å². The summed E-state index contributed by atoms with van der Waals surface area (Å²) < 4.78 is 36.8. The molecule has 2 bridgehead atoms. The third-order valence-electron chi connectivity index (χ3n) is 11.8. The molecule has 1 N–H and O–H groups in total. The zero-order chi connectivity index (χ0) is 41.0. The fourth-order valence-electron chi connectivity index (χ4n) is 8.79. The number of hydrogen-bond acceptors (Lipinski definition) is 11. The molecule has 13 heteroatoms. The number of carbonyl (C=O) groups excluding carboxylic acids is 4. The van der Waals surface area contributed by atoms with Crippen LogP contribution in [0.25, 0.3) is 0 Å². The highest BCUT2D eigenvalue weighted by atomic mass is 16.7. The average Bonchev–Trinajstić information content (AvgIpc) is 3.41. The zero-order valence-corrected chi connectivity index (χ0v) is 34.9. The van der Waals surface area contributed by atoms with Gasteiger partial charge in [-0.05, 0) is 122 Å². The summed E-state index contributed by atoms with van der Waals surface area (Å²) in [6, 6.07) is 10.1. The largest absolute Gasteiger partial charge is 0.514 e. The lowest BCUT2D eigenvalue weighted by Crippen LogP contribution is -2.65. The lowest BCUT2D eigenvalue weighted by Gasteiger charge is -2.64. The third-order valence-corrected chi connectivity index (χ3v) is 11.8. The number of rotatable bonds is 12. The van der Waals surface area contributed by atoms with Crippen LogP contribution in [0.5, 0.6) is 11.5 Å². The monoisotopic (exact) mass is 774 g/mol. The minimum Gasteiger partial charge on any atom is -0.487 e. The van der Waals surface area contributed by atoms with Crippen LogP contribution in [0.2, 0.25) is 6.32 Å². The smallest absolute Gasteiger partial charge is 0.487 e. The molecule has 7 rings (SSSR count). The van der Waals surface area contributed by atoms with Gasteiger partial charge >= 0.3 is 19.2 Å². The number of esters is 1. The summed E-state index contributed by atoms with van der Waals surface area (Å²) in [5.41, 5.74) is 0.0963. The van der Waals surface area contributed by atoms with E-state index in [1.54, 1.807) is 72.7 Å². The molecule has 0 radical (unpaired) electrons. The number of carbonyl (C=O) groups is 4. The van der Waals surface area contributed by atoms with E-state index in [1.807, 2.05) is 24.0 Å². The van der Waals surface area contributed by atoms with Crippen molar-refractivity contribution in [3.8, 4) is 11.5 Å². The Morgan fingerprint density at radius 1 is 0.964 bits per heavy atom. The average molecular weight is 775 g/mol.